The lowest BCUT2D eigenvalue weighted by Gasteiger charge is -2.12. The maximum absolute atomic E-state index is 5.27. The van der Waals surface area contributed by atoms with Gasteiger partial charge in [0, 0.05) is 16.2 Å². The van der Waals surface area contributed by atoms with Gasteiger partial charge in [0.25, 0.3) is 0 Å². The fourth-order valence-corrected chi connectivity index (χ4v) is 6.25. The minimum atomic E-state index is 1.01. The van der Waals surface area contributed by atoms with Gasteiger partial charge in [-0.3, -0.25) is 0 Å². The van der Waals surface area contributed by atoms with Crippen LogP contribution in [0.25, 0.3) is 66.0 Å². The molecular weight excluding hydrogens is 482 g/mol. The Hall–Kier alpha value is -4.75. The summed E-state index contributed by atoms with van der Waals surface area (Å²) in [6, 6.07) is 44.2. The van der Waals surface area contributed by atoms with Crippen molar-refractivity contribution in [1.29, 1.82) is 0 Å². The van der Waals surface area contributed by atoms with Gasteiger partial charge in [0.2, 0.25) is 0 Å². The highest BCUT2D eigenvalue weighted by molar-refractivity contribution is 6.11. The van der Waals surface area contributed by atoms with Gasteiger partial charge < -0.3 is 0 Å². The lowest BCUT2D eigenvalue weighted by atomic mass is 9.94. The zero-order valence-corrected chi connectivity index (χ0v) is 23.2. The molecule has 0 saturated carbocycles. The fourth-order valence-electron chi connectivity index (χ4n) is 6.25. The molecule has 1 nitrogen and oxygen atoms in total. The third kappa shape index (κ3) is 3.89. The van der Waals surface area contributed by atoms with Crippen LogP contribution < -0.4 is 0 Å². The van der Waals surface area contributed by atoms with E-state index in [9.17, 15) is 0 Å². The van der Waals surface area contributed by atoms with Crippen molar-refractivity contribution < 1.29 is 0 Å². The number of nitrogens with zero attached hydrogens (tertiary/aromatic N) is 1. The Bertz CT molecular complexity index is 2050. The molecule has 0 bridgehead atoms. The quantitative estimate of drug-likeness (QED) is 0.165. The second-order valence-electron chi connectivity index (χ2n) is 10.4. The number of pyridine rings is 1. The Morgan fingerprint density at radius 3 is 2.02 bits per heavy atom. The van der Waals surface area contributed by atoms with Gasteiger partial charge in [-0.05, 0) is 80.9 Å². The van der Waals surface area contributed by atoms with Crippen LogP contribution in [0, 0.1) is 6.92 Å². The first-order valence-corrected chi connectivity index (χ1v) is 14.3. The Kier molecular flexibility index (Phi) is 5.94. The van der Waals surface area contributed by atoms with Gasteiger partial charge in [0.15, 0.2) is 0 Å². The first-order valence-electron chi connectivity index (χ1n) is 14.3. The molecule has 0 atom stereocenters. The van der Waals surface area contributed by atoms with Gasteiger partial charge in [-0.2, -0.15) is 0 Å². The molecule has 0 fully saturated rings. The van der Waals surface area contributed by atoms with Crippen molar-refractivity contribution in [3.8, 4) is 33.4 Å². The van der Waals surface area contributed by atoms with Gasteiger partial charge in [0.1, 0.15) is 0 Å². The summed E-state index contributed by atoms with van der Waals surface area (Å²) in [5.41, 5.74) is 13.9. The number of hydrogen-bond acceptors (Lipinski definition) is 1. The van der Waals surface area contributed by atoms with Gasteiger partial charge in [-0.25, -0.2) is 4.98 Å². The fraction of sp³-hybridized carbons (Fsp3) is 0.103. The molecule has 0 aliphatic heterocycles. The lowest BCUT2D eigenvalue weighted by Crippen LogP contribution is -1.91. The SMILES string of the molecule is CC.Cc1c2ccc(-c3ccccc3)cc2nc2c1ccc1ccc(-c3ccc4c(c3)Cc3ccccc3-4)cc12. The van der Waals surface area contributed by atoms with E-state index < -0.39 is 0 Å². The van der Waals surface area contributed by atoms with E-state index in [2.05, 4.69) is 128 Å². The Morgan fingerprint density at radius 2 is 1.15 bits per heavy atom. The van der Waals surface area contributed by atoms with E-state index in [1.807, 2.05) is 13.8 Å². The zero-order chi connectivity index (χ0) is 27.2. The molecule has 6 aromatic carbocycles. The maximum atomic E-state index is 5.27. The summed E-state index contributed by atoms with van der Waals surface area (Å²) in [5.74, 6) is 0. The van der Waals surface area contributed by atoms with Crippen LogP contribution >= 0.6 is 0 Å². The summed E-state index contributed by atoms with van der Waals surface area (Å²) >= 11 is 0. The molecule has 1 heterocycles. The molecule has 192 valence electrons. The second-order valence-corrected chi connectivity index (χ2v) is 10.4. The molecule has 0 amide bonds. The summed E-state index contributed by atoms with van der Waals surface area (Å²) < 4.78 is 0. The van der Waals surface area contributed by atoms with Crippen molar-refractivity contribution in [3.05, 3.63) is 138 Å². The van der Waals surface area contributed by atoms with Gasteiger partial charge in [-0.1, -0.05) is 123 Å². The van der Waals surface area contributed by atoms with E-state index in [-0.39, 0.29) is 0 Å². The van der Waals surface area contributed by atoms with Gasteiger partial charge in [-0.15, -0.1) is 0 Å². The van der Waals surface area contributed by atoms with Crippen molar-refractivity contribution in [2.75, 3.05) is 0 Å². The molecule has 1 heteroatoms. The highest BCUT2D eigenvalue weighted by atomic mass is 14.7. The van der Waals surface area contributed by atoms with Crippen molar-refractivity contribution in [2.45, 2.75) is 27.2 Å². The van der Waals surface area contributed by atoms with Crippen LogP contribution in [0.3, 0.4) is 0 Å². The summed E-state index contributed by atoms with van der Waals surface area (Å²) in [4.78, 5) is 5.27. The number of aromatic nitrogens is 1. The molecule has 1 aliphatic carbocycles. The molecule has 40 heavy (non-hydrogen) atoms. The lowest BCUT2D eigenvalue weighted by molar-refractivity contribution is 1.26. The molecule has 0 N–H and O–H groups in total. The highest BCUT2D eigenvalue weighted by Crippen LogP contribution is 2.39. The van der Waals surface area contributed by atoms with Crippen LogP contribution in [0.5, 0.6) is 0 Å². The van der Waals surface area contributed by atoms with Crippen molar-refractivity contribution in [1.82, 2.24) is 4.98 Å². The van der Waals surface area contributed by atoms with Crippen LogP contribution in [0.1, 0.15) is 30.5 Å². The predicted octanol–water partition coefficient (Wildman–Crippen LogP) is 10.8. The van der Waals surface area contributed by atoms with Gasteiger partial charge >= 0.3 is 0 Å². The molecule has 7 aromatic rings. The van der Waals surface area contributed by atoms with E-state index in [0.29, 0.717) is 0 Å². The highest BCUT2D eigenvalue weighted by Gasteiger charge is 2.18. The van der Waals surface area contributed by atoms with Crippen molar-refractivity contribution in [2.24, 2.45) is 0 Å². The minimum Gasteiger partial charge on any atom is -0.247 e. The number of fused-ring (bicyclic) bond motifs is 7. The van der Waals surface area contributed by atoms with Crippen LogP contribution in [-0.2, 0) is 6.42 Å². The molecule has 1 aliphatic rings. The molecule has 0 unspecified atom stereocenters. The van der Waals surface area contributed by atoms with E-state index in [0.717, 1.165) is 17.5 Å². The van der Waals surface area contributed by atoms with Crippen molar-refractivity contribution in [3.63, 3.8) is 0 Å². The molecule has 8 rings (SSSR count). The first kappa shape index (κ1) is 24.3. The monoisotopic (exact) mass is 513 g/mol. The van der Waals surface area contributed by atoms with E-state index >= 15 is 0 Å². The summed E-state index contributed by atoms with van der Waals surface area (Å²) in [5, 5.41) is 4.86. The second kappa shape index (κ2) is 9.77. The Morgan fingerprint density at radius 1 is 0.500 bits per heavy atom. The number of hydrogen-bond donors (Lipinski definition) is 0. The Labute approximate surface area is 235 Å². The molecule has 0 spiro atoms. The molecule has 0 radical (unpaired) electrons. The smallest absolute Gasteiger partial charge is 0.0790 e. The van der Waals surface area contributed by atoms with Crippen LogP contribution in [0.15, 0.2) is 121 Å². The van der Waals surface area contributed by atoms with E-state index in [4.69, 9.17) is 4.98 Å². The third-order valence-corrected chi connectivity index (χ3v) is 8.27. The Balaban J connectivity index is 0.00000130. The van der Waals surface area contributed by atoms with Crippen LogP contribution in [0.4, 0.5) is 0 Å². The molecular formula is C39H31N. The minimum absolute atomic E-state index is 1.01. The van der Waals surface area contributed by atoms with E-state index in [1.165, 1.54) is 71.6 Å². The topological polar surface area (TPSA) is 12.9 Å². The van der Waals surface area contributed by atoms with Crippen LogP contribution in [-0.4, -0.2) is 4.98 Å². The summed E-state index contributed by atoms with van der Waals surface area (Å²) in [7, 11) is 0. The third-order valence-electron chi connectivity index (χ3n) is 8.27. The zero-order valence-electron chi connectivity index (χ0n) is 23.2. The standard InChI is InChI=1S/C37H25N.C2H6/c1-23-31-16-14-28(24-7-3-2-4-8-24)22-36(31)38-37-32(23)17-13-25-11-12-27(21-35(25)37)26-15-18-34-30(19-26)20-29-9-5-6-10-33(29)34;1-2/h2-19,21-22H,20H2,1H3;1-2H3. The van der Waals surface area contributed by atoms with Crippen molar-refractivity contribution >= 4 is 32.6 Å². The normalized spacial score (nSPS) is 11.8. The molecule has 0 saturated heterocycles. The van der Waals surface area contributed by atoms with Gasteiger partial charge in [0.05, 0.1) is 11.0 Å². The first-order chi connectivity index (χ1) is 19.7. The molecule has 1 aromatic heterocycles. The average molecular weight is 514 g/mol. The predicted molar refractivity (Wildman–Crippen MR) is 172 cm³/mol. The number of benzene rings is 6. The number of rotatable bonds is 2. The van der Waals surface area contributed by atoms with Crippen LogP contribution in [0.2, 0.25) is 0 Å². The summed E-state index contributed by atoms with van der Waals surface area (Å²) in [6.07, 6.45) is 1.01. The summed E-state index contributed by atoms with van der Waals surface area (Å²) in [6.45, 7) is 6.22. The van der Waals surface area contributed by atoms with E-state index in [1.54, 1.807) is 0 Å². The maximum Gasteiger partial charge on any atom is 0.0790 e. The number of aryl methyl sites for hydroxylation is 1. The largest absolute Gasteiger partial charge is 0.247 e. The average Bonchev–Trinajstić information content (AvgIpc) is 3.40.